The first-order valence-corrected chi connectivity index (χ1v) is 17.4. The van der Waals surface area contributed by atoms with Gasteiger partial charge in [0.05, 0.1) is 0 Å². The van der Waals surface area contributed by atoms with Crippen LogP contribution in [-0.4, -0.2) is 0 Å². The summed E-state index contributed by atoms with van der Waals surface area (Å²) < 4.78 is 0. The molecule has 3 aromatic rings. The van der Waals surface area contributed by atoms with Gasteiger partial charge in [0.2, 0.25) is 0 Å². The minimum Gasteiger partial charge on any atom is -0.0651 e. The third-order valence-corrected chi connectivity index (χ3v) is 11.1. The fourth-order valence-corrected chi connectivity index (χ4v) is 9.44. The summed E-state index contributed by atoms with van der Waals surface area (Å²) in [5.74, 6) is 0. The van der Waals surface area contributed by atoms with Gasteiger partial charge in [-0.1, -0.05) is 123 Å². The Balaban J connectivity index is 2.46. The van der Waals surface area contributed by atoms with Crippen molar-refractivity contribution in [3.63, 3.8) is 0 Å². The van der Waals surface area contributed by atoms with Crippen molar-refractivity contribution >= 4 is 23.8 Å². The lowest BCUT2D eigenvalue weighted by atomic mass is 9.92. The van der Waals surface area contributed by atoms with Gasteiger partial charge in [0.15, 0.2) is 0 Å². The van der Waals surface area contributed by atoms with Crippen LogP contribution in [0.5, 0.6) is 0 Å². The lowest BCUT2D eigenvalue weighted by molar-refractivity contribution is 0.828. The molecule has 0 nitrogen and oxygen atoms in total. The molecule has 0 radical (unpaired) electrons. The van der Waals surface area contributed by atoms with Crippen molar-refractivity contribution in [3.05, 3.63) is 87.0 Å². The standard InChI is InChI=1S/C38H55P/c1-9-16-30-24-26-37(34(20-13-5)32(30)18-11-3)39(36-23-15-22-28(7)29(36)8)38-27-25-31(17-10-2)33(19-12-4)35(38)21-14-6/h15,22-27H,9-14,16-21H2,1-8H3. The molecule has 0 amide bonds. The van der Waals surface area contributed by atoms with Gasteiger partial charge in [0, 0.05) is 0 Å². The molecule has 0 heterocycles. The summed E-state index contributed by atoms with van der Waals surface area (Å²) >= 11 is 0. The molecule has 0 spiro atoms. The molecule has 39 heavy (non-hydrogen) atoms. The maximum absolute atomic E-state index is 2.57. The van der Waals surface area contributed by atoms with Gasteiger partial charge in [-0.15, -0.1) is 0 Å². The van der Waals surface area contributed by atoms with Crippen LogP contribution < -0.4 is 15.9 Å². The van der Waals surface area contributed by atoms with Crippen LogP contribution in [0.2, 0.25) is 0 Å². The van der Waals surface area contributed by atoms with Crippen LogP contribution in [0.15, 0.2) is 42.5 Å². The summed E-state index contributed by atoms with van der Waals surface area (Å²) in [6, 6.07) is 17.2. The molecule has 0 aromatic heterocycles. The summed E-state index contributed by atoms with van der Waals surface area (Å²) in [5.41, 5.74) is 12.8. The average Bonchev–Trinajstić information content (AvgIpc) is 2.92. The third kappa shape index (κ3) is 7.24. The predicted octanol–water partition coefficient (Wildman–Crippen LogP) is 9.78. The zero-order valence-electron chi connectivity index (χ0n) is 26.5. The quantitative estimate of drug-likeness (QED) is 0.168. The number of aryl methyl sites for hydroxylation is 3. The molecule has 3 rings (SSSR count). The Morgan fingerprint density at radius 1 is 0.436 bits per heavy atom. The fourth-order valence-electron chi connectivity index (χ4n) is 6.43. The van der Waals surface area contributed by atoms with E-state index < -0.39 is 7.92 Å². The second-order valence-corrected chi connectivity index (χ2v) is 13.6. The maximum Gasteiger partial charge on any atom is -0.0116 e. The number of rotatable bonds is 15. The molecule has 212 valence electrons. The van der Waals surface area contributed by atoms with Crippen molar-refractivity contribution in [2.75, 3.05) is 0 Å². The second kappa shape index (κ2) is 15.8. The molecule has 0 unspecified atom stereocenters. The van der Waals surface area contributed by atoms with E-state index in [-0.39, 0.29) is 0 Å². The first-order valence-electron chi connectivity index (χ1n) is 16.1. The van der Waals surface area contributed by atoms with Crippen LogP contribution in [-0.2, 0) is 38.5 Å². The zero-order chi connectivity index (χ0) is 28.4. The van der Waals surface area contributed by atoms with Gasteiger partial charge in [0.1, 0.15) is 0 Å². The van der Waals surface area contributed by atoms with Crippen LogP contribution in [0.25, 0.3) is 0 Å². The topological polar surface area (TPSA) is 0 Å². The molecule has 0 fully saturated rings. The van der Waals surface area contributed by atoms with Gasteiger partial charge >= 0.3 is 0 Å². The Kier molecular flexibility index (Phi) is 12.8. The van der Waals surface area contributed by atoms with E-state index in [4.69, 9.17) is 0 Å². The highest BCUT2D eigenvalue weighted by Gasteiger charge is 2.27. The van der Waals surface area contributed by atoms with Gasteiger partial charge in [0.25, 0.3) is 0 Å². The van der Waals surface area contributed by atoms with Crippen LogP contribution in [0.1, 0.15) is 125 Å². The highest BCUT2D eigenvalue weighted by Crippen LogP contribution is 2.40. The molecule has 0 saturated heterocycles. The first kappa shape index (κ1) is 31.6. The molecule has 0 aliphatic heterocycles. The minimum absolute atomic E-state index is 0.645. The van der Waals surface area contributed by atoms with Gasteiger partial charge in [-0.3, -0.25) is 0 Å². The third-order valence-electron chi connectivity index (χ3n) is 8.34. The van der Waals surface area contributed by atoms with Crippen molar-refractivity contribution in [3.8, 4) is 0 Å². The highest BCUT2D eigenvalue weighted by atomic mass is 31.1. The van der Waals surface area contributed by atoms with Crippen molar-refractivity contribution in [1.29, 1.82) is 0 Å². The molecule has 0 bridgehead atoms. The minimum atomic E-state index is -0.645. The molecule has 0 aliphatic rings. The van der Waals surface area contributed by atoms with Crippen LogP contribution >= 0.6 is 7.92 Å². The summed E-state index contributed by atoms with van der Waals surface area (Å²) in [6.07, 6.45) is 14.4. The zero-order valence-corrected chi connectivity index (χ0v) is 27.4. The summed E-state index contributed by atoms with van der Waals surface area (Å²) in [5, 5.41) is 4.83. The van der Waals surface area contributed by atoms with E-state index in [2.05, 4.69) is 97.9 Å². The maximum atomic E-state index is 2.57. The van der Waals surface area contributed by atoms with E-state index in [1.54, 1.807) is 49.3 Å². The smallest absolute Gasteiger partial charge is 0.0116 e. The monoisotopic (exact) mass is 542 g/mol. The molecular weight excluding hydrogens is 487 g/mol. The van der Waals surface area contributed by atoms with Crippen molar-refractivity contribution in [2.24, 2.45) is 0 Å². The van der Waals surface area contributed by atoms with Gasteiger partial charge in [-0.2, -0.15) is 0 Å². The summed E-state index contributed by atoms with van der Waals surface area (Å²) in [7, 11) is -0.645. The molecule has 3 aromatic carbocycles. The van der Waals surface area contributed by atoms with Crippen LogP contribution in [0.4, 0.5) is 0 Å². The number of benzene rings is 3. The molecule has 1 heteroatoms. The SMILES string of the molecule is CCCc1ccc(P(c2cccc(C)c2C)c2ccc(CCC)c(CCC)c2CCC)c(CCC)c1CCC. The Bertz CT molecular complexity index is 1130. The normalized spacial score (nSPS) is 11.5. The van der Waals surface area contributed by atoms with E-state index >= 15 is 0 Å². The summed E-state index contributed by atoms with van der Waals surface area (Å²) in [6.45, 7) is 18.8. The van der Waals surface area contributed by atoms with Gasteiger partial charge in [-0.25, -0.2) is 0 Å². The lowest BCUT2D eigenvalue weighted by Crippen LogP contribution is -2.29. The van der Waals surface area contributed by atoms with Crippen LogP contribution in [0, 0.1) is 13.8 Å². The van der Waals surface area contributed by atoms with E-state index in [9.17, 15) is 0 Å². The molecule has 0 atom stereocenters. The molecule has 0 saturated carbocycles. The van der Waals surface area contributed by atoms with Crippen molar-refractivity contribution in [2.45, 2.75) is 132 Å². The number of hydrogen-bond donors (Lipinski definition) is 0. The second-order valence-electron chi connectivity index (χ2n) is 11.5. The molecule has 0 aliphatic carbocycles. The highest BCUT2D eigenvalue weighted by molar-refractivity contribution is 7.80. The largest absolute Gasteiger partial charge is 0.0651 e. The number of hydrogen-bond acceptors (Lipinski definition) is 0. The van der Waals surface area contributed by atoms with Crippen molar-refractivity contribution < 1.29 is 0 Å². The first-order chi connectivity index (χ1) is 19.0. The van der Waals surface area contributed by atoms with E-state index in [1.165, 1.54) is 88.2 Å². The average molecular weight is 543 g/mol. The fraction of sp³-hybridized carbons (Fsp3) is 0.526. The van der Waals surface area contributed by atoms with Gasteiger partial charge < -0.3 is 0 Å². The van der Waals surface area contributed by atoms with Gasteiger partial charge in [-0.05, 0) is 121 Å². The van der Waals surface area contributed by atoms with Crippen molar-refractivity contribution in [1.82, 2.24) is 0 Å². The van der Waals surface area contributed by atoms with E-state index in [0.717, 1.165) is 0 Å². The Labute approximate surface area is 242 Å². The predicted molar refractivity (Wildman–Crippen MR) is 179 cm³/mol. The van der Waals surface area contributed by atoms with E-state index in [0.29, 0.717) is 0 Å². The lowest BCUT2D eigenvalue weighted by Gasteiger charge is -2.30. The Morgan fingerprint density at radius 3 is 1.26 bits per heavy atom. The molecular formula is C38H55P. The van der Waals surface area contributed by atoms with E-state index in [1.807, 2.05) is 0 Å². The Morgan fingerprint density at radius 2 is 0.846 bits per heavy atom. The molecule has 0 N–H and O–H groups in total. The Hall–Kier alpha value is -1.91. The summed E-state index contributed by atoms with van der Waals surface area (Å²) in [4.78, 5) is 0. The van der Waals surface area contributed by atoms with Crippen LogP contribution in [0.3, 0.4) is 0 Å².